The highest BCUT2D eigenvalue weighted by molar-refractivity contribution is 6.33. The summed E-state index contributed by atoms with van der Waals surface area (Å²) < 4.78 is 13.6. The van der Waals surface area contributed by atoms with Crippen LogP contribution in [0.5, 0.6) is 0 Å². The van der Waals surface area contributed by atoms with Gasteiger partial charge in [-0.2, -0.15) is 5.10 Å². The molecule has 0 radical (unpaired) electrons. The molecule has 0 spiro atoms. The quantitative estimate of drug-likeness (QED) is 0.533. The first-order valence-corrected chi connectivity index (χ1v) is 7.18. The van der Waals surface area contributed by atoms with E-state index in [-0.39, 0.29) is 5.56 Å². The first kappa shape index (κ1) is 14.8. The summed E-state index contributed by atoms with van der Waals surface area (Å²) in [6, 6.07) is 11.6. The lowest BCUT2D eigenvalue weighted by Crippen LogP contribution is -1.95. The number of hydrogen-bond acceptors (Lipinski definition) is 3. The average Bonchev–Trinajstić information content (AvgIpc) is 2.50. The molecule has 0 aliphatic rings. The molecule has 1 aromatic heterocycles. The van der Waals surface area contributed by atoms with Crippen molar-refractivity contribution in [1.29, 1.82) is 0 Å². The molecule has 2 aromatic carbocycles. The highest BCUT2D eigenvalue weighted by Crippen LogP contribution is 2.24. The molecule has 3 rings (SSSR count). The number of halogens is 3. The minimum Gasteiger partial charge on any atom is -0.278 e. The lowest BCUT2D eigenvalue weighted by Gasteiger charge is -2.05. The molecule has 22 heavy (non-hydrogen) atoms. The van der Waals surface area contributed by atoms with Gasteiger partial charge in [0.15, 0.2) is 0 Å². The number of anilines is 1. The highest BCUT2D eigenvalue weighted by atomic mass is 35.5. The summed E-state index contributed by atoms with van der Waals surface area (Å²) >= 11 is 11.9. The van der Waals surface area contributed by atoms with Crippen molar-refractivity contribution in [3.8, 4) is 0 Å². The number of hydrogen-bond donors (Lipinski definition) is 1. The maximum Gasteiger partial charge on any atom is 0.133 e. The molecule has 0 amide bonds. The van der Waals surface area contributed by atoms with Crippen LogP contribution in [0.15, 0.2) is 53.8 Å². The smallest absolute Gasteiger partial charge is 0.133 e. The second-order valence-electron chi connectivity index (χ2n) is 4.53. The fourth-order valence-electron chi connectivity index (χ4n) is 2.02. The van der Waals surface area contributed by atoms with Gasteiger partial charge in [-0.1, -0.05) is 29.3 Å². The van der Waals surface area contributed by atoms with E-state index in [0.29, 0.717) is 10.0 Å². The number of nitrogens with zero attached hydrogens (tertiary/aromatic N) is 2. The van der Waals surface area contributed by atoms with E-state index in [4.69, 9.17) is 23.2 Å². The molecule has 1 N–H and O–H groups in total. The van der Waals surface area contributed by atoms with Crippen LogP contribution < -0.4 is 5.43 Å². The number of aromatic nitrogens is 1. The van der Waals surface area contributed by atoms with Gasteiger partial charge < -0.3 is 0 Å². The zero-order valence-corrected chi connectivity index (χ0v) is 12.7. The van der Waals surface area contributed by atoms with Crippen LogP contribution in [0.1, 0.15) is 5.56 Å². The molecule has 0 aliphatic heterocycles. The molecule has 0 atom stereocenters. The zero-order valence-electron chi connectivity index (χ0n) is 11.2. The minimum atomic E-state index is -0.426. The van der Waals surface area contributed by atoms with Crippen molar-refractivity contribution in [3.63, 3.8) is 0 Å². The van der Waals surface area contributed by atoms with Crippen LogP contribution in [0.25, 0.3) is 10.9 Å². The Labute approximate surface area is 136 Å². The van der Waals surface area contributed by atoms with Crippen molar-refractivity contribution < 1.29 is 4.39 Å². The third kappa shape index (κ3) is 3.03. The third-order valence-corrected chi connectivity index (χ3v) is 3.65. The number of fused-ring (bicyclic) bond motifs is 1. The van der Waals surface area contributed by atoms with Crippen molar-refractivity contribution in [2.75, 3.05) is 5.43 Å². The van der Waals surface area contributed by atoms with E-state index in [1.54, 1.807) is 36.5 Å². The number of benzene rings is 2. The Balaban J connectivity index is 1.90. The van der Waals surface area contributed by atoms with Gasteiger partial charge in [0.1, 0.15) is 5.82 Å². The third-order valence-electron chi connectivity index (χ3n) is 3.08. The molecule has 6 heteroatoms. The van der Waals surface area contributed by atoms with Crippen LogP contribution in [-0.2, 0) is 0 Å². The summed E-state index contributed by atoms with van der Waals surface area (Å²) in [5, 5.41) is 5.82. The first-order chi connectivity index (χ1) is 10.6. The molecule has 0 bridgehead atoms. The van der Waals surface area contributed by atoms with E-state index >= 15 is 0 Å². The fourth-order valence-corrected chi connectivity index (χ4v) is 2.40. The molecule has 0 saturated carbocycles. The molecule has 1 heterocycles. The monoisotopic (exact) mass is 333 g/mol. The van der Waals surface area contributed by atoms with Crippen molar-refractivity contribution in [2.45, 2.75) is 0 Å². The predicted octanol–water partition coefficient (Wildman–Crippen LogP) is 5.13. The summed E-state index contributed by atoms with van der Waals surface area (Å²) in [6.07, 6.45) is 2.99. The second-order valence-corrected chi connectivity index (χ2v) is 5.37. The maximum atomic E-state index is 13.6. The van der Waals surface area contributed by atoms with Crippen LogP contribution in [0.3, 0.4) is 0 Å². The Morgan fingerprint density at radius 3 is 2.82 bits per heavy atom. The standard InChI is InChI=1S/C16H10Cl2FN3/c17-10-4-5-11-15(6-7-20-16(11)8-10)22-21-9-12-13(18)2-1-3-14(12)19/h1-9H,(H,20,22). The molecule has 0 fully saturated rings. The Hall–Kier alpha value is -2.17. The molecule has 0 unspecified atom stereocenters. The predicted molar refractivity (Wildman–Crippen MR) is 89.4 cm³/mol. The van der Waals surface area contributed by atoms with Crippen LogP contribution in [0.4, 0.5) is 10.1 Å². The number of hydrazone groups is 1. The Morgan fingerprint density at radius 2 is 2.00 bits per heavy atom. The van der Waals surface area contributed by atoms with Gasteiger partial charge in [-0.15, -0.1) is 0 Å². The summed E-state index contributed by atoms with van der Waals surface area (Å²) in [4.78, 5) is 4.24. The highest BCUT2D eigenvalue weighted by Gasteiger charge is 2.04. The molecule has 0 saturated heterocycles. The Kier molecular flexibility index (Phi) is 4.22. The molecule has 0 aliphatic carbocycles. The second kappa shape index (κ2) is 6.30. The summed E-state index contributed by atoms with van der Waals surface area (Å²) in [5.74, 6) is -0.426. The SMILES string of the molecule is Fc1cccc(Cl)c1C=NNc1ccnc2cc(Cl)ccc12. The van der Waals surface area contributed by atoms with E-state index in [1.165, 1.54) is 12.3 Å². The van der Waals surface area contributed by atoms with Crippen LogP contribution in [0, 0.1) is 5.82 Å². The van der Waals surface area contributed by atoms with Crippen molar-refractivity contribution >= 4 is 46.0 Å². The van der Waals surface area contributed by atoms with E-state index < -0.39 is 5.82 Å². The van der Waals surface area contributed by atoms with E-state index in [1.807, 2.05) is 6.07 Å². The van der Waals surface area contributed by atoms with Crippen molar-refractivity contribution in [2.24, 2.45) is 5.10 Å². The van der Waals surface area contributed by atoms with Crippen molar-refractivity contribution in [1.82, 2.24) is 4.98 Å². The zero-order chi connectivity index (χ0) is 15.5. The Bertz CT molecular complexity index is 845. The van der Waals surface area contributed by atoms with Gasteiger partial charge in [0.25, 0.3) is 0 Å². The van der Waals surface area contributed by atoms with Gasteiger partial charge in [-0.25, -0.2) is 4.39 Å². The number of rotatable bonds is 3. The van der Waals surface area contributed by atoms with Crippen LogP contribution in [-0.4, -0.2) is 11.2 Å². The topological polar surface area (TPSA) is 37.3 Å². The van der Waals surface area contributed by atoms with Gasteiger partial charge in [-0.3, -0.25) is 10.4 Å². The van der Waals surface area contributed by atoms with Crippen LogP contribution >= 0.6 is 23.2 Å². The van der Waals surface area contributed by atoms with Gasteiger partial charge in [-0.05, 0) is 36.4 Å². The summed E-state index contributed by atoms with van der Waals surface area (Å²) in [5.41, 5.74) is 4.59. The molecular formula is C16H10Cl2FN3. The number of pyridine rings is 1. The fraction of sp³-hybridized carbons (Fsp3) is 0. The normalized spacial score (nSPS) is 11.2. The first-order valence-electron chi connectivity index (χ1n) is 6.42. The summed E-state index contributed by atoms with van der Waals surface area (Å²) in [6.45, 7) is 0. The van der Waals surface area contributed by atoms with Crippen molar-refractivity contribution in [3.05, 3.63) is 70.1 Å². The largest absolute Gasteiger partial charge is 0.278 e. The van der Waals surface area contributed by atoms with Crippen LogP contribution in [0.2, 0.25) is 10.0 Å². The minimum absolute atomic E-state index is 0.234. The maximum absolute atomic E-state index is 13.6. The molecular weight excluding hydrogens is 324 g/mol. The lowest BCUT2D eigenvalue weighted by atomic mass is 10.2. The molecule has 3 nitrogen and oxygen atoms in total. The van der Waals surface area contributed by atoms with E-state index in [2.05, 4.69) is 15.5 Å². The van der Waals surface area contributed by atoms with E-state index in [9.17, 15) is 4.39 Å². The Morgan fingerprint density at radius 1 is 1.14 bits per heavy atom. The van der Waals surface area contributed by atoms with Gasteiger partial charge in [0.05, 0.1) is 22.4 Å². The van der Waals surface area contributed by atoms with E-state index in [0.717, 1.165) is 16.6 Å². The van der Waals surface area contributed by atoms with Gasteiger partial charge in [0.2, 0.25) is 0 Å². The number of nitrogens with one attached hydrogen (secondary N) is 1. The average molecular weight is 334 g/mol. The lowest BCUT2D eigenvalue weighted by molar-refractivity contribution is 0.626. The van der Waals surface area contributed by atoms with Gasteiger partial charge in [0, 0.05) is 22.2 Å². The van der Waals surface area contributed by atoms with Gasteiger partial charge >= 0.3 is 0 Å². The molecule has 110 valence electrons. The summed E-state index contributed by atoms with van der Waals surface area (Å²) in [7, 11) is 0. The molecule has 3 aromatic rings.